The summed E-state index contributed by atoms with van der Waals surface area (Å²) in [6, 6.07) is 5.42. The lowest BCUT2D eigenvalue weighted by Gasteiger charge is -2.34. The van der Waals surface area contributed by atoms with Gasteiger partial charge in [-0.2, -0.15) is 0 Å². The van der Waals surface area contributed by atoms with Gasteiger partial charge < -0.3 is 24.8 Å². The standard InChI is InChI=1S/C21H30N2O5/c1-14-10-16(20(24)25)13-23(12-14)21(26)22-11-15-6-5-9-18(27-2)19(15)28-17-7-3-4-8-17/h5-6,9,14,16-17H,3-4,7-8,10-13H2,1-2H3,(H,22,26)(H,24,25). The molecule has 2 N–H and O–H groups in total. The zero-order valence-electron chi connectivity index (χ0n) is 16.6. The molecule has 1 aliphatic heterocycles. The molecule has 0 radical (unpaired) electrons. The molecule has 0 bridgehead atoms. The van der Waals surface area contributed by atoms with Crippen molar-refractivity contribution >= 4 is 12.0 Å². The Bertz CT molecular complexity index is 702. The first-order valence-corrected chi connectivity index (χ1v) is 10.1. The van der Waals surface area contributed by atoms with E-state index in [0.29, 0.717) is 31.0 Å². The van der Waals surface area contributed by atoms with Crippen LogP contribution in [0.2, 0.25) is 0 Å². The van der Waals surface area contributed by atoms with Gasteiger partial charge in [-0.1, -0.05) is 19.1 Å². The van der Waals surface area contributed by atoms with Gasteiger partial charge in [-0.15, -0.1) is 0 Å². The molecule has 2 aliphatic rings. The van der Waals surface area contributed by atoms with Crippen LogP contribution in [0.5, 0.6) is 11.5 Å². The molecule has 28 heavy (non-hydrogen) atoms. The maximum absolute atomic E-state index is 12.6. The van der Waals surface area contributed by atoms with Crippen LogP contribution in [0.1, 0.15) is 44.6 Å². The molecule has 1 aliphatic carbocycles. The number of carboxylic acid groups (broad SMARTS) is 1. The molecule has 0 spiro atoms. The Morgan fingerprint density at radius 1 is 1.25 bits per heavy atom. The number of hydrogen-bond acceptors (Lipinski definition) is 4. The number of carbonyl (C=O) groups excluding carboxylic acids is 1. The van der Waals surface area contributed by atoms with Gasteiger partial charge in [0.05, 0.1) is 19.1 Å². The Hall–Kier alpha value is -2.44. The zero-order chi connectivity index (χ0) is 20.1. The number of likely N-dealkylation sites (tertiary alicyclic amines) is 1. The molecule has 1 aromatic carbocycles. The van der Waals surface area contributed by atoms with Crippen LogP contribution in [-0.2, 0) is 11.3 Å². The van der Waals surface area contributed by atoms with Gasteiger partial charge in [0.25, 0.3) is 0 Å². The number of amides is 2. The lowest BCUT2D eigenvalue weighted by molar-refractivity contribution is -0.143. The Morgan fingerprint density at radius 2 is 2.00 bits per heavy atom. The number of para-hydroxylation sites is 1. The van der Waals surface area contributed by atoms with E-state index < -0.39 is 11.9 Å². The van der Waals surface area contributed by atoms with Gasteiger partial charge in [-0.25, -0.2) is 4.79 Å². The molecular formula is C21H30N2O5. The van der Waals surface area contributed by atoms with Crippen molar-refractivity contribution in [3.05, 3.63) is 23.8 Å². The third-order valence-corrected chi connectivity index (χ3v) is 5.59. The van der Waals surface area contributed by atoms with E-state index in [9.17, 15) is 14.7 Å². The molecule has 0 aromatic heterocycles. The van der Waals surface area contributed by atoms with Gasteiger partial charge in [0, 0.05) is 25.2 Å². The average molecular weight is 390 g/mol. The van der Waals surface area contributed by atoms with E-state index in [1.807, 2.05) is 25.1 Å². The quantitative estimate of drug-likeness (QED) is 0.778. The summed E-state index contributed by atoms with van der Waals surface area (Å²) >= 11 is 0. The van der Waals surface area contributed by atoms with Gasteiger partial charge in [0.1, 0.15) is 0 Å². The number of methoxy groups -OCH3 is 1. The number of ether oxygens (including phenoxy) is 2. The normalized spacial score (nSPS) is 22.7. The van der Waals surface area contributed by atoms with Gasteiger partial charge in [0.15, 0.2) is 11.5 Å². The van der Waals surface area contributed by atoms with Crippen molar-refractivity contribution in [1.82, 2.24) is 10.2 Å². The van der Waals surface area contributed by atoms with Crippen molar-refractivity contribution in [1.29, 1.82) is 0 Å². The van der Waals surface area contributed by atoms with Crippen LogP contribution in [-0.4, -0.2) is 48.3 Å². The SMILES string of the molecule is COc1cccc(CNC(=O)N2CC(C)CC(C(=O)O)C2)c1OC1CCCC1. The van der Waals surface area contributed by atoms with E-state index in [4.69, 9.17) is 9.47 Å². The number of urea groups is 1. The van der Waals surface area contributed by atoms with Gasteiger partial charge in [-0.3, -0.25) is 4.79 Å². The highest BCUT2D eigenvalue weighted by Crippen LogP contribution is 2.35. The minimum Gasteiger partial charge on any atom is -0.493 e. The maximum Gasteiger partial charge on any atom is 0.317 e. The number of nitrogens with one attached hydrogen (secondary N) is 1. The number of carboxylic acids is 1. The summed E-state index contributed by atoms with van der Waals surface area (Å²) in [7, 11) is 1.61. The van der Waals surface area contributed by atoms with E-state index in [1.165, 1.54) is 12.8 Å². The molecule has 2 atom stereocenters. The molecule has 154 valence electrons. The summed E-state index contributed by atoms with van der Waals surface area (Å²) < 4.78 is 11.7. The highest BCUT2D eigenvalue weighted by atomic mass is 16.5. The van der Waals surface area contributed by atoms with Gasteiger partial charge >= 0.3 is 12.0 Å². The van der Waals surface area contributed by atoms with Crippen molar-refractivity contribution in [3.63, 3.8) is 0 Å². The number of carbonyl (C=O) groups is 2. The molecule has 2 amide bonds. The summed E-state index contributed by atoms with van der Waals surface area (Å²) in [6.45, 7) is 3.10. The fraction of sp³-hybridized carbons (Fsp3) is 0.619. The highest BCUT2D eigenvalue weighted by Gasteiger charge is 2.32. The number of rotatable bonds is 6. The average Bonchev–Trinajstić information content (AvgIpc) is 3.19. The van der Waals surface area contributed by atoms with Crippen LogP contribution >= 0.6 is 0 Å². The molecule has 1 heterocycles. The first-order chi connectivity index (χ1) is 13.5. The van der Waals surface area contributed by atoms with E-state index in [-0.39, 0.29) is 24.6 Å². The second kappa shape index (κ2) is 9.17. The van der Waals surface area contributed by atoms with Crippen LogP contribution in [0.3, 0.4) is 0 Å². The van der Waals surface area contributed by atoms with Crippen molar-refractivity contribution < 1.29 is 24.2 Å². The lowest BCUT2D eigenvalue weighted by Crippen LogP contribution is -2.49. The summed E-state index contributed by atoms with van der Waals surface area (Å²) in [4.78, 5) is 25.6. The molecule has 7 nitrogen and oxygen atoms in total. The Morgan fingerprint density at radius 3 is 2.68 bits per heavy atom. The van der Waals surface area contributed by atoms with Crippen molar-refractivity contribution in [2.45, 2.75) is 51.7 Å². The maximum atomic E-state index is 12.6. The van der Waals surface area contributed by atoms with Crippen molar-refractivity contribution in [2.75, 3.05) is 20.2 Å². The van der Waals surface area contributed by atoms with Crippen LogP contribution < -0.4 is 14.8 Å². The monoisotopic (exact) mass is 390 g/mol. The predicted octanol–water partition coefficient (Wildman–Crippen LogP) is 3.27. The Kier molecular flexibility index (Phi) is 6.65. The number of benzene rings is 1. The molecule has 2 fully saturated rings. The molecule has 1 saturated heterocycles. The molecule has 2 unspecified atom stereocenters. The first-order valence-electron chi connectivity index (χ1n) is 10.1. The van der Waals surface area contributed by atoms with Gasteiger partial charge in [0.2, 0.25) is 0 Å². The van der Waals surface area contributed by atoms with Gasteiger partial charge in [-0.05, 0) is 44.1 Å². The summed E-state index contributed by atoms with van der Waals surface area (Å²) in [5.41, 5.74) is 0.861. The summed E-state index contributed by atoms with van der Waals surface area (Å²) in [6.07, 6.45) is 5.20. The van der Waals surface area contributed by atoms with E-state index >= 15 is 0 Å². The third kappa shape index (κ3) is 4.88. The smallest absolute Gasteiger partial charge is 0.317 e. The zero-order valence-corrected chi connectivity index (χ0v) is 16.6. The molecule has 1 saturated carbocycles. The predicted molar refractivity (Wildman–Crippen MR) is 105 cm³/mol. The molecular weight excluding hydrogens is 360 g/mol. The van der Waals surface area contributed by atoms with E-state index in [0.717, 1.165) is 18.4 Å². The first kappa shape index (κ1) is 20.3. The molecule has 1 aromatic rings. The second-order valence-corrected chi connectivity index (χ2v) is 7.91. The Balaban J connectivity index is 1.66. The van der Waals surface area contributed by atoms with Crippen LogP contribution in [0.25, 0.3) is 0 Å². The summed E-state index contributed by atoms with van der Waals surface area (Å²) in [5.74, 6) is 0.166. The van der Waals surface area contributed by atoms with Crippen LogP contribution in [0, 0.1) is 11.8 Å². The largest absolute Gasteiger partial charge is 0.493 e. The van der Waals surface area contributed by atoms with Crippen molar-refractivity contribution in [3.8, 4) is 11.5 Å². The summed E-state index contributed by atoms with van der Waals surface area (Å²) in [5, 5.41) is 12.2. The molecule has 3 rings (SSSR count). The third-order valence-electron chi connectivity index (χ3n) is 5.59. The Labute approximate surface area is 166 Å². The number of piperidine rings is 1. The second-order valence-electron chi connectivity index (χ2n) is 7.91. The minimum absolute atomic E-state index is 0.165. The lowest BCUT2D eigenvalue weighted by atomic mass is 9.91. The highest BCUT2D eigenvalue weighted by molar-refractivity contribution is 5.76. The van der Waals surface area contributed by atoms with Crippen LogP contribution in [0.4, 0.5) is 4.79 Å². The molecule has 7 heteroatoms. The number of hydrogen-bond donors (Lipinski definition) is 2. The topological polar surface area (TPSA) is 88.1 Å². The van der Waals surface area contributed by atoms with Crippen molar-refractivity contribution in [2.24, 2.45) is 11.8 Å². The number of nitrogens with zero attached hydrogens (tertiary/aromatic N) is 1. The van der Waals surface area contributed by atoms with E-state index in [2.05, 4.69) is 5.32 Å². The fourth-order valence-corrected chi connectivity index (χ4v) is 4.15. The van der Waals surface area contributed by atoms with Crippen LogP contribution in [0.15, 0.2) is 18.2 Å². The number of aliphatic carboxylic acids is 1. The fourth-order valence-electron chi connectivity index (χ4n) is 4.15. The van der Waals surface area contributed by atoms with E-state index in [1.54, 1.807) is 12.0 Å². The minimum atomic E-state index is -0.843.